The van der Waals surface area contributed by atoms with Crippen LogP contribution in [0, 0.1) is 19.7 Å². The van der Waals surface area contributed by atoms with Crippen molar-refractivity contribution >= 4 is 16.9 Å². The minimum atomic E-state index is -0.254. The lowest BCUT2D eigenvalue weighted by molar-refractivity contribution is 0.625. The molecule has 0 spiro atoms. The molecule has 20 heavy (non-hydrogen) atoms. The van der Waals surface area contributed by atoms with Crippen LogP contribution in [0.2, 0.25) is 0 Å². The molecule has 100 valence electrons. The zero-order valence-electron chi connectivity index (χ0n) is 11.3. The van der Waals surface area contributed by atoms with Crippen LogP contribution in [-0.4, -0.2) is 9.97 Å². The summed E-state index contributed by atoms with van der Waals surface area (Å²) in [6, 6.07) is 10.5. The fourth-order valence-corrected chi connectivity index (χ4v) is 2.48. The molecular weight excluding hydrogens is 253 g/mol. The van der Waals surface area contributed by atoms with E-state index in [-0.39, 0.29) is 5.82 Å². The third-order valence-corrected chi connectivity index (χ3v) is 3.33. The van der Waals surface area contributed by atoms with Gasteiger partial charge in [0.25, 0.3) is 0 Å². The monoisotopic (exact) mass is 267 g/mol. The first-order valence-corrected chi connectivity index (χ1v) is 6.35. The summed E-state index contributed by atoms with van der Waals surface area (Å²) in [6.45, 7) is 3.70. The number of nitrogens with zero attached hydrogens (tertiary/aromatic N) is 2. The second kappa shape index (κ2) is 4.56. The van der Waals surface area contributed by atoms with Crippen molar-refractivity contribution in [3.8, 4) is 11.3 Å². The van der Waals surface area contributed by atoms with Crippen LogP contribution in [0.1, 0.15) is 11.1 Å². The van der Waals surface area contributed by atoms with Crippen molar-refractivity contribution in [1.82, 2.24) is 9.97 Å². The van der Waals surface area contributed by atoms with Gasteiger partial charge in [0, 0.05) is 5.56 Å². The Balaban J connectivity index is 2.32. The number of benzene rings is 2. The number of nitrogen functional groups attached to an aromatic ring is 1. The predicted molar refractivity (Wildman–Crippen MR) is 78.8 cm³/mol. The molecule has 0 aliphatic rings. The molecule has 3 rings (SSSR count). The van der Waals surface area contributed by atoms with E-state index in [4.69, 9.17) is 5.73 Å². The van der Waals surface area contributed by atoms with E-state index >= 15 is 0 Å². The highest BCUT2D eigenvalue weighted by Crippen LogP contribution is 2.31. The fourth-order valence-electron chi connectivity index (χ4n) is 2.48. The molecule has 0 aliphatic heterocycles. The lowest BCUT2D eigenvalue weighted by Gasteiger charge is -2.12. The molecule has 0 saturated heterocycles. The minimum absolute atomic E-state index is 0.254. The Hall–Kier alpha value is -2.49. The molecule has 1 aromatic heterocycles. The van der Waals surface area contributed by atoms with Gasteiger partial charge in [0.15, 0.2) is 5.82 Å². The maximum Gasteiger partial charge on any atom is 0.150 e. The average Bonchev–Trinajstić information content (AvgIpc) is 2.38. The molecule has 2 aromatic carbocycles. The van der Waals surface area contributed by atoms with E-state index in [1.165, 1.54) is 12.1 Å². The van der Waals surface area contributed by atoms with E-state index in [9.17, 15) is 4.39 Å². The molecule has 0 fully saturated rings. The molecule has 3 nitrogen and oxygen atoms in total. The highest BCUT2D eigenvalue weighted by molar-refractivity contribution is 5.84. The van der Waals surface area contributed by atoms with Gasteiger partial charge in [-0.15, -0.1) is 0 Å². The van der Waals surface area contributed by atoms with Gasteiger partial charge in [0.05, 0.1) is 11.0 Å². The third kappa shape index (κ3) is 1.99. The van der Waals surface area contributed by atoms with Gasteiger partial charge in [0.1, 0.15) is 11.5 Å². The largest absolute Gasteiger partial charge is 0.382 e. The van der Waals surface area contributed by atoms with E-state index in [1.807, 2.05) is 38.1 Å². The Morgan fingerprint density at radius 3 is 2.10 bits per heavy atom. The van der Waals surface area contributed by atoms with E-state index in [0.717, 1.165) is 27.7 Å². The van der Waals surface area contributed by atoms with Gasteiger partial charge < -0.3 is 5.73 Å². The maximum absolute atomic E-state index is 13.4. The summed E-state index contributed by atoms with van der Waals surface area (Å²) >= 11 is 0. The van der Waals surface area contributed by atoms with Crippen LogP contribution in [-0.2, 0) is 0 Å². The number of rotatable bonds is 1. The van der Waals surface area contributed by atoms with E-state index in [2.05, 4.69) is 9.97 Å². The molecule has 3 aromatic rings. The van der Waals surface area contributed by atoms with Gasteiger partial charge in [-0.25, -0.2) is 14.4 Å². The van der Waals surface area contributed by atoms with E-state index in [1.54, 1.807) is 0 Å². The summed E-state index contributed by atoms with van der Waals surface area (Å²) in [6.07, 6.45) is 0. The van der Waals surface area contributed by atoms with Gasteiger partial charge in [-0.3, -0.25) is 0 Å². The minimum Gasteiger partial charge on any atom is -0.382 e. The Morgan fingerprint density at radius 1 is 0.950 bits per heavy atom. The molecule has 0 radical (unpaired) electrons. The van der Waals surface area contributed by atoms with Gasteiger partial charge in [0.2, 0.25) is 0 Å². The van der Waals surface area contributed by atoms with Crippen molar-refractivity contribution in [2.75, 3.05) is 5.73 Å². The highest BCUT2D eigenvalue weighted by atomic mass is 19.1. The van der Waals surface area contributed by atoms with Crippen molar-refractivity contribution in [3.05, 3.63) is 53.3 Å². The van der Waals surface area contributed by atoms with Gasteiger partial charge >= 0.3 is 0 Å². The predicted octanol–water partition coefficient (Wildman–Crippen LogP) is 3.63. The topological polar surface area (TPSA) is 51.8 Å². The Labute approximate surface area is 116 Å². The molecule has 2 N–H and O–H groups in total. The standard InChI is InChI=1S/C16H14FN3/c1-9-7-11(17)8-10(2)14(9)15-16(18)20-13-6-4-3-5-12(13)19-15/h3-8H,1-2H3,(H2,18,20). The first-order chi connectivity index (χ1) is 9.56. The normalized spacial score (nSPS) is 10.9. The summed E-state index contributed by atoms with van der Waals surface area (Å²) in [7, 11) is 0. The van der Waals surface area contributed by atoms with E-state index in [0.29, 0.717) is 11.5 Å². The molecule has 0 amide bonds. The smallest absolute Gasteiger partial charge is 0.150 e. The van der Waals surface area contributed by atoms with Crippen LogP contribution in [0.3, 0.4) is 0 Å². The summed E-state index contributed by atoms with van der Waals surface area (Å²) in [4.78, 5) is 8.96. The van der Waals surface area contributed by atoms with Gasteiger partial charge in [-0.05, 0) is 49.2 Å². The summed E-state index contributed by atoms with van der Waals surface area (Å²) in [5.74, 6) is 0.109. The number of halogens is 1. The van der Waals surface area contributed by atoms with Crippen LogP contribution in [0.5, 0.6) is 0 Å². The van der Waals surface area contributed by atoms with E-state index < -0.39 is 0 Å². The number of nitrogens with two attached hydrogens (primary N) is 1. The van der Waals surface area contributed by atoms with Crippen LogP contribution in [0.4, 0.5) is 10.2 Å². The number of aryl methyl sites for hydroxylation is 2. The number of aromatic nitrogens is 2. The van der Waals surface area contributed by atoms with Crippen LogP contribution < -0.4 is 5.73 Å². The second-order valence-electron chi connectivity index (χ2n) is 4.86. The van der Waals surface area contributed by atoms with Crippen LogP contribution >= 0.6 is 0 Å². The first-order valence-electron chi connectivity index (χ1n) is 6.35. The van der Waals surface area contributed by atoms with Crippen molar-refractivity contribution < 1.29 is 4.39 Å². The molecule has 0 unspecified atom stereocenters. The van der Waals surface area contributed by atoms with Crippen molar-refractivity contribution in [1.29, 1.82) is 0 Å². The summed E-state index contributed by atoms with van der Waals surface area (Å²) < 4.78 is 13.4. The third-order valence-electron chi connectivity index (χ3n) is 3.33. The molecular formula is C16H14FN3. The Bertz CT molecular complexity index is 789. The number of hydrogen-bond donors (Lipinski definition) is 1. The Morgan fingerprint density at radius 2 is 1.50 bits per heavy atom. The highest BCUT2D eigenvalue weighted by Gasteiger charge is 2.14. The zero-order valence-corrected chi connectivity index (χ0v) is 11.3. The van der Waals surface area contributed by atoms with Gasteiger partial charge in [-0.1, -0.05) is 12.1 Å². The summed E-state index contributed by atoms with van der Waals surface area (Å²) in [5, 5.41) is 0. The number of anilines is 1. The lowest BCUT2D eigenvalue weighted by Crippen LogP contribution is -2.01. The molecule has 1 heterocycles. The molecule has 0 aliphatic carbocycles. The molecule has 4 heteroatoms. The quantitative estimate of drug-likeness (QED) is 0.732. The SMILES string of the molecule is Cc1cc(F)cc(C)c1-c1nc2ccccc2nc1N. The second-order valence-corrected chi connectivity index (χ2v) is 4.86. The lowest BCUT2D eigenvalue weighted by atomic mass is 9.99. The van der Waals surface area contributed by atoms with Crippen LogP contribution in [0.25, 0.3) is 22.3 Å². The number of para-hydroxylation sites is 2. The molecule has 0 atom stereocenters. The van der Waals surface area contributed by atoms with Crippen LogP contribution in [0.15, 0.2) is 36.4 Å². The van der Waals surface area contributed by atoms with Gasteiger partial charge in [-0.2, -0.15) is 0 Å². The maximum atomic E-state index is 13.4. The van der Waals surface area contributed by atoms with Crippen molar-refractivity contribution in [2.24, 2.45) is 0 Å². The molecule has 0 bridgehead atoms. The van der Waals surface area contributed by atoms with Crippen molar-refractivity contribution in [3.63, 3.8) is 0 Å². The first kappa shape index (κ1) is 12.5. The molecule has 0 saturated carbocycles. The fraction of sp³-hybridized carbons (Fsp3) is 0.125. The average molecular weight is 267 g/mol. The number of fused-ring (bicyclic) bond motifs is 1. The van der Waals surface area contributed by atoms with Crippen molar-refractivity contribution in [2.45, 2.75) is 13.8 Å². The Kier molecular flexibility index (Phi) is 2.86. The zero-order chi connectivity index (χ0) is 14.3. The summed E-state index contributed by atoms with van der Waals surface area (Å²) in [5.41, 5.74) is 10.6. The number of hydrogen-bond acceptors (Lipinski definition) is 3.